The van der Waals surface area contributed by atoms with Crippen LogP contribution < -0.4 is 5.73 Å². The summed E-state index contributed by atoms with van der Waals surface area (Å²) >= 11 is 0. The van der Waals surface area contributed by atoms with Gasteiger partial charge in [-0.2, -0.15) is 5.10 Å². The molecule has 2 aromatic rings. The van der Waals surface area contributed by atoms with Gasteiger partial charge in [-0.05, 0) is 19.1 Å². The van der Waals surface area contributed by atoms with Gasteiger partial charge in [0.15, 0.2) is 0 Å². The molecule has 0 radical (unpaired) electrons. The van der Waals surface area contributed by atoms with Gasteiger partial charge in [0.2, 0.25) is 0 Å². The molecule has 0 spiro atoms. The van der Waals surface area contributed by atoms with Crippen molar-refractivity contribution in [1.29, 1.82) is 0 Å². The van der Waals surface area contributed by atoms with Gasteiger partial charge in [0.25, 0.3) is 0 Å². The van der Waals surface area contributed by atoms with E-state index in [-0.39, 0.29) is 17.8 Å². The Morgan fingerprint density at radius 3 is 2.11 bits per heavy atom. The fraction of sp³-hybridized carbons (Fsp3) is 0.357. The number of rotatable bonds is 1. The smallest absolute Gasteiger partial charge is 0.130 e. The van der Waals surface area contributed by atoms with E-state index in [2.05, 4.69) is 25.9 Å². The van der Waals surface area contributed by atoms with Gasteiger partial charge in [-0.15, -0.1) is 12.4 Å². The normalized spacial score (nSPS) is 11.1. The number of hydrogen-bond acceptors (Lipinski definition) is 2. The van der Waals surface area contributed by atoms with Crippen LogP contribution in [0.15, 0.2) is 30.3 Å². The minimum atomic E-state index is 0. The highest BCUT2D eigenvalue weighted by atomic mass is 35.5. The lowest BCUT2D eigenvalue weighted by Crippen LogP contribution is -2.14. The van der Waals surface area contributed by atoms with E-state index >= 15 is 0 Å². The van der Waals surface area contributed by atoms with E-state index < -0.39 is 0 Å². The minimum Gasteiger partial charge on any atom is -0.383 e. The van der Waals surface area contributed by atoms with Gasteiger partial charge in [-0.1, -0.05) is 39.0 Å². The minimum absolute atomic E-state index is 0. The molecular weight excluding hydrogens is 246 g/mol. The van der Waals surface area contributed by atoms with Gasteiger partial charge in [0.05, 0.1) is 11.4 Å². The van der Waals surface area contributed by atoms with Crippen LogP contribution >= 0.6 is 12.4 Å². The topological polar surface area (TPSA) is 43.8 Å². The summed E-state index contributed by atoms with van der Waals surface area (Å²) in [6, 6.07) is 9.98. The zero-order chi connectivity index (χ0) is 12.6. The van der Waals surface area contributed by atoms with Gasteiger partial charge in [0.1, 0.15) is 5.82 Å². The summed E-state index contributed by atoms with van der Waals surface area (Å²) in [6.07, 6.45) is 0. The van der Waals surface area contributed by atoms with Crippen LogP contribution in [0.5, 0.6) is 0 Å². The highest BCUT2D eigenvalue weighted by Crippen LogP contribution is 2.29. The average molecular weight is 266 g/mol. The number of benzene rings is 1. The summed E-state index contributed by atoms with van der Waals surface area (Å²) in [4.78, 5) is 0. The van der Waals surface area contributed by atoms with Crippen LogP contribution in [-0.2, 0) is 5.41 Å². The predicted octanol–water partition coefficient (Wildman–Crippen LogP) is 3.48. The molecule has 1 aromatic heterocycles. The van der Waals surface area contributed by atoms with Crippen LogP contribution in [0.2, 0.25) is 0 Å². The Morgan fingerprint density at radius 1 is 1.11 bits per heavy atom. The van der Waals surface area contributed by atoms with Crippen LogP contribution in [0.1, 0.15) is 32.0 Å². The van der Waals surface area contributed by atoms with Crippen LogP contribution in [-0.4, -0.2) is 9.78 Å². The largest absolute Gasteiger partial charge is 0.383 e. The molecule has 0 atom stereocenters. The van der Waals surface area contributed by atoms with Gasteiger partial charge in [0, 0.05) is 11.0 Å². The maximum atomic E-state index is 6.13. The number of nitrogen functional groups attached to an aromatic ring is 1. The van der Waals surface area contributed by atoms with Crippen LogP contribution in [0.4, 0.5) is 5.82 Å². The van der Waals surface area contributed by atoms with E-state index in [1.165, 1.54) is 0 Å². The summed E-state index contributed by atoms with van der Waals surface area (Å²) in [5.41, 5.74) is 9.27. The molecular formula is C14H20ClN3. The van der Waals surface area contributed by atoms with E-state index in [9.17, 15) is 0 Å². The van der Waals surface area contributed by atoms with Crippen molar-refractivity contribution in [3.8, 4) is 5.69 Å². The second-order valence-corrected chi connectivity index (χ2v) is 5.36. The number of nitrogens with zero attached hydrogens (tertiary/aromatic N) is 2. The van der Waals surface area contributed by atoms with Crippen molar-refractivity contribution >= 4 is 18.2 Å². The second-order valence-electron chi connectivity index (χ2n) is 5.36. The van der Waals surface area contributed by atoms with Crippen LogP contribution in [0, 0.1) is 6.92 Å². The van der Waals surface area contributed by atoms with Crippen molar-refractivity contribution in [2.75, 3.05) is 5.73 Å². The molecule has 0 saturated carbocycles. The fourth-order valence-electron chi connectivity index (χ4n) is 1.99. The molecule has 0 aliphatic heterocycles. The summed E-state index contributed by atoms with van der Waals surface area (Å²) in [7, 11) is 0. The molecule has 4 heteroatoms. The van der Waals surface area contributed by atoms with Gasteiger partial charge in [-0.3, -0.25) is 0 Å². The lowest BCUT2D eigenvalue weighted by Gasteiger charge is -2.15. The first-order valence-electron chi connectivity index (χ1n) is 5.82. The summed E-state index contributed by atoms with van der Waals surface area (Å²) in [5, 5.41) is 4.64. The quantitative estimate of drug-likeness (QED) is 0.858. The highest BCUT2D eigenvalue weighted by Gasteiger charge is 2.23. The third-order valence-corrected chi connectivity index (χ3v) is 2.88. The first kappa shape index (κ1) is 14.6. The van der Waals surface area contributed by atoms with Crippen molar-refractivity contribution in [1.82, 2.24) is 9.78 Å². The first-order chi connectivity index (χ1) is 7.91. The molecule has 2 rings (SSSR count). The third kappa shape index (κ3) is 2.51. The third-order valence-electron chi connectivity index (χ3n) is 2.88. The molecule has 1 aromatic carbocycles. The van der Waals surface area contributed by atoms with Crippen molar-refractivity contribution in [3.05, 3.63) is 41.6 Å². The fourth-order valence-corrected chi connectivity index (χ4v) is 1.99. The molecule has 0 aliphatic rings. The predicted molar refractivity (Wildman–Crippen MR) is 78.7 cm³/mol. The molecule has 0 bridgehead atoms. The Hall–Kier alpha value is -1.48. The summed E-state index contributed by atoms with van der Waals surface area (Å²) in [6.45, 7) is 8.48. The number of halogens is 1. The first-order valence-corrected chi connectivity index (χ1v) is 5.82. The number of anilines is 1. The second kappa shape index (κ2) is 5.02. The molecule has 0 saturated heterocycles. The van der Waals surface area contributed by atoms with Gasteiger partial charge in [-0.25, -0.2) is 4.68 Å². The molecule has 0 amide bonds. The highest BCUT2D eigenvalue weighted by molar-refractivity contribution is 5.85. The molecule has 3 nitrogen and oxygen atoms in total. The van der Waals surface area contributed by atoms with E-state index in [0.717, 1.165) is 22.8 Å². The van der Waals surface area contributed by atoms with E-state index in [4.69, 9.17) is 5.73 Å². The number of aromatic nitrogens is 2. The van der Waals surface area contributed by atoms with Crippen molar-refractivity contribution in [2.45, 2.75) is 33.1 Å². The maximum Gasteiger partial charge on any atom is 0.130 e. The zero-order valence-corrected chi connectivity index (χ0v) is 12.1. The summed E-state index contributed by atoms with van der Waals surface area (Å²) in [5.74, 6) is 0.723. The van der Waals surface area contributed by atoms with Crippen molar-refractivity contribution in [3.63, 3.8) is 0 Å². The molecule has 98 valence electrons. The molecule has 1 heterocycles. The van der Waals surface area contributed by atoms with Crippen LogP contribution in [0.25, 0.3) is 5.69 Å². The Morgan fingerprint density at radius 2 is 1.67 bits per heavy atom. The Labute approximate surface area is 114 Å². The van der Waals surface area contributed by atoms with E-state index in [0.29, 0.717) is 0 Å². The molecule has 0 fully saturated rings. The molecule has 18 heavy (non-hydrogen) atoms. The maximum absolute atomic E-state index is 6.13. The number of nitrogens with two attached hydrogens (primary N) is 1. The number of hydrogen-bond donors (Lipinski definition) is 1. The Bertz CT molecular complexity index is 524. The molecule has 0 aliphatic carbocycles. The zero-order valence-electron chi connectivity index (χ0n) is 11.3. The van der Waals surface area contributed by atoms with Gasteiger partial charge >= 0.3 is 0 Å². The molecule has 0 unspecified atom stereocenters. The van der Waals surface area contributed by atoms with Crippen molar-refractivity contribution in [2.24, 2.45) is 0 Å². The number of para-hydroxylation sites is 1. The van der Waals surface area contributed by atoms with E-state index in [1.807, 2.05) is 41.9 Å². The summed E-state index contributed by atoms with van der Waals surface area (Å²) < 4.78 is 1.82. The Kier molecular flexibility index (Phi) is 4.07. The SMILES string of the molecule is Cc1c(C(C)(C)C)nn(-c2ccccc2)c1N.Cl. The average Bonchev–Trinajstić information content (AvgIpc) is 2.57. The monoisotopic (exact) mass is 265 g/mol. The van der Waals surface area contributed by atoms with Crippen LogP contribution in [0.3, 0.4) is 0 Å². The standard InChI is InChI=1S/C14H19N3.ClH/c1-10-12(14(2,3)4)16-17(13(10)15)11-8-6-5-7-9-11;/h5-9H,15H2,1-4H3;1H. The lowest BCUT2D eigenvalue weighted by atomic mass is 9.90. The van der Waals surface area contributed by atoms with Gasteiger partial charge < -0.3 is 5.73 Å². The lowest BCUT2D eigenvalue weighted by molar-refractivity contribution is 0.557. The van der Waals surface area contributed by atoms with Crippen molar-refractivity contribution < 1.29 is 0 Å². The Balaban J connectivity index is 0.00000162. The van der Waals surface area contributed by atoms with E-state index in [1.54, 1.807) is 0 Å². The molecule has 2 N–H and O–H groups in total.